The van der Waals surface area contributed by atoms with Crippen molar-refractivity contribution in [2.75, 3.05) is 6.61 Å². The molecule has 1 N–H and O–H groups in total. The van der Waals surface area contributed by atoms with Gasteiger partial charge in [-0.05, 0) is 6.08 Å². The zero-order chi connectivity index (χ0) is 8.55. The van der Waals surface area contributed by atoms with E-state index in [4.69, 9.17) is 4.74 Å². The molecule has 2 rings (SSSR count). The standard InChI is InChI=1S/C7H6N2O3/c10-5-3-12-4-1-2-8-7(11)6(4)9-5/h1-2,6H,3H2,(H,9,10). The fraction of sp³-hybridized carbons (Fsp3) is 0.286. The average molecular weight is 166 g/mol. The molecule has 2 amide bonds. The minimum Gasteiger partial charge on any atom is -0.485 e. The molecule has 2 aliphatic rings. The fourth-order valence-electron chi connectivity index (χ4n) is 1.09. The number of nitrogens with zero attached hydrogens (tertiary/aromatic N) is 1. The van der Waals surface area contributed by atoms with Crippen molar-refractivity contribution in [3.05, 3.63) is 11.8 Å². The summed E-state index contributed by atoms with van der Waals surface area (Å²) in [5.41, 5.74) is 0. The molecule has 62 valence electrons. The number of nitrogens with one attached hydrogen (secondary N) is 1. The largest absolute Gasteiger partial charge is 0.485 e. The molecule has 5 heteroatoms. The lowest BCUT2D eigenvalue weighted by Crippen LogP contribution is -2.49. The molecule has 5 nitrogen and oxygen atoms in total. The first-order valence-electron chi connectivity index (χ1n) is 3.47. The molecule has 0 bridgehead atoms. The van der Waals surface area contributed by atoms with Crippen LogP contribution in [0, 0.1) is 0 Å². The Hall–Kier alpha value is -1.65. The van der Waals surface area contributed by atoms with Gasteiger partial charge >= 0.3 is 0 Å². The van der Waals surface area contributed by atoms with Crippen LogP contribution in [-0.4, -0.2) is 30.7 Å². The number of allylic oxidation sites excluding steroid dienone is 1. The van der Waals surface area contributed by atoms with E-state index in [2.05, 4.69) is 10.3 Å². The Morgan fingerprint density at radius 2 is 2.42 bits per heavy atom. The predicted octanol–water partition coefficient (Wildman–Crippen LogP) is -1.00. The number of fused-ring (bicyclic) bond motifs is 1. The minimum absolute atomic E-state index is 0.0244. The van der Waals surface area contributed by atoms with Crippen molar-refractivity contribution in [3.8, 4) is 0 Å². The third kappa shape index (κ3) is 0.990. The summed E-state index contributed by atoms with van der Waals surface area (Å²) in [5, 5.41) is 2.47. The zero-order valence-electron chi connectivity index (χ0n) is 6.11. The number of carbonyl (C=O) groups excluding carboxylic acids is 2. The normalized spacial score (nSPS) is 27.0. The highest BCUT2D eigenvalue weighted by atomic mass is 16.5. The van der Waals surface area contributed by atoms with E-state index >= 15 is 0 Å². The second-order valence-corrected chi connectivity index (χ2v) is 2.47. The van der Waals surface area contributed by atoms with E-state index in [1.54, 1.807) is 6.08 Å². The van der Waals surface area contributed by atoms with Crippen molar-refractivity contribution in [1.29, 1.82) is 0 Å². The first-order chi connectivity index (χ1) is 5.77. The van der Waals surface area contributed by atoms with E-state index in [-0.39, 0.29) is 18.4 Å². The Morgan fingerprint density at radius 3 is 3.25 bits per heavy atom. The number of rotatable bonds is 0. The summed E-state index contributed by atoms with van der Waals surface area (Å²) in [6, 6.07) is -0.698. The molecule has 0 aromatic carbocycles. The van der Waals surface area contributed by atoms with E-state index in [0.717, 1.165) is 0 Å². The van der Waals surface area contributed by atoms with Crippen molar-refractivity contribution >= 4 is 18.0 Å². The lowest BCUT2D eigenvalue weighted by atomic mass is 10.1. The molecule has 0 aromatic heterocycles. The maximum atomic E-state index is 11.0. The summed E-state index contributed by atoms with van der Waals surface area (Å²) in [4.78, 5) is 25.4. The molecule has 0 spiro atoms. The van der Waals surface area contributed by atoms with Gasteiger partial charge in [-0.1, -0.05) is 0 Å². The molecular formula is C7H6N2O3. The smallest absolute Gasteiger partial charge is 0.276 e. The topological polar surface area (TPSA) is 67.8 Å². The summed E-state index contributed by atoms with van der Waals surface area (Å²) in [6.45, 7) is -0.0244. The molecule has 2 heterocycles. The highest BCUT2D eigenvalue weighted by Crippen LogP contribution is 2.13. The quantitative estimate of drug-likeness (QED) is 0.501. The van der Waals surface area contributed by atoms with Crippen LogP contribution in [0.2, 0.25) is 0 Å². The van der Waals surface area contributed by atoms with E-state index in [1.807, 2.05) is 0 Å². The molecule has 1 unspecified atom stereocenters. The lowest BCUT2D eigenvalue weighted by molar-refractivity contribution is -0.133. The van der Waals surface area contributed by atoms with E-state index in [1.165, 1.54) is 6.21 Å². The van der Waals surface area contributed by atoms with E-state index in [9.17, 15) is 9.59 Å². The monoisotopic (exact) mass is 166 g/mol. The lowest BCUT2D eigenvalue weighted by Gasteiger charge is -2.25. The molecule has 2 aliphatic heterocycles. The SMILES string of the molecule is O=C1COC2=CC=NC(=O)C2N1. The Kier molecular flexibility index (Phi) is 1.43. The molecule has 1 atom stereocenters. The second-order valence-electron chi connectivity index (χ2n) is 2.47. The number of morpholine rings is 1. The van der Waals surface area contributed by atoms with Crippen molar-refractivity contribution in [2.45, 2.75) is 6.04 Å². The minimum atomic E-state index is -0.698. The maximum absolute atomic E-state index is 11.0. The Morgan fingerprint density at radius 1 is 1.58 bits per heavy atom. The van der Waals surface area contributed by atoms with Crippen LogP contribution < -0.4 is 5.32 Å². The van der Waals surface area contributed by atoms with Crippen LogP contribution in [0.4, 0.5) is 0 Å². The Labute approximate surface area is 68.1 Å². The van der Waals surface area contributed by atoms with Crippen molar-refractivity contribution in [2.24, 2.45) is 4.99 Å². The van der Waals surface area contributed by atoms with Crippen molar-refractivity contribution < 1.29 is 14.3 Å². The van der Waals surface area contributed by atoms with Crippen LogP contribution in [0.1, 0.15) is 0 Å². The number of hydrogen-bond acceptors (Lipinski definition) is 3. The molecule has 1 fully saturated rings. The van der Waals surface area contributed by atoms with Gasteiger partial charge in [0.1, 0.15) is 5.76 Å². The molecular weight excluding hydrogens is 160 g/mol. The highest BCUT2D eigenvalue weighted by molar-refractivity contribution is 6.00. The summed E-state index contributed by atoms with van der Waals surface area (Å²) >= 11 is 0. The van der Waals surface area contributed by atoms with Gasteiger partial charge in [0.2, 0.25) is 0 Å². The zero-order valence-corrected chi connectivity index (χ0v) is 6.11. The van der Waals surface area contributed by atoms with Gasteiger partial charge < -0.3 is 10.1 Å². The van der Waals surface area contributed by atoms with Gasteiger partial charge in [0.25, 0.3) is 11.8 Å². The van der Waals surface area contributed by atoms with Gasteiger partial charge in [0.15, 0.2) is 12.6 Å². The van der Waals surface area contributed by atoms with Gasteiger partial charge in [-0.25, -0.2) is 4.99 Å². The molecule has 1 saturated heterocycles. The molecule has 12 heavy (non-hydrogen) atoms. The second kappa shape index (κ2) is 2.44. The summed E-state index contributed by atoms with van der Waals surface area (Å²) < 4.78 is 5.00. The third-order valence-corrected chi connectivity index (χ3v) is 1.65. The fourth-order valence-corrected chi connectivity index (χ4v) is 1.09. The van der Waals surface area contributed by atoms with Crippen LogP contribution in [0.5, 0.6) is 0 Å². The molecule has 0 radical (unpaired) electrons. The maximum Gasteiger partial charge on any atom is 0.276 e. The van der Waals surface area contributed by atoms with E-state index in [0.29, 0.717) is 5.76 Å². The van der Waals surface area contributed by atoms with Crippen molar-refractivity contribution in [1.82, 2.24) is 5.32 Å². The van der Waals surface area contributed by atoms with E-state index < -0.39 is 6.04 Å². The summed E-state index contributed by atoms with van der Waals surface area (Å²) in [7, 11) is 0. The number of amides is 2. The number of hydrogen-bond donors (Lipinski definition) is 1. The van der Waals surface area contributed by atoms with Crippen LogP contribution in [0.25, 0.3) is 0 Å². The van der Waals surface area contributed by atoms with Crippen LogP contribution in [0.15, 0.2) is 16.8 Å². The molecule has 0 aliphatic carbocycles. The highest BCUT2D eigenvalue weighted by Gasteiger charge is 2.31. The molecule has 0 saturated carbocycles. The van der Waals surface area contributed by atoms with Gasteiger partial charge in [-0.2, -0.15) is 0 Å². The number of carbonyl (C=O) groups is 2. The summed E-state index contributed by atoms with van der Waals surface area (Å²) in [6.07, 6.45) is 2.94. The third-order valence-electron chi connectivity index (χ3n) is 1.65. The Balaban J connectivity index is 2.27. The summed E-state index contributed by atoms with van der Waals surface area (Å²) in [5.74, 6) is -0.210. The van der Waals surface area contributed by atoms with Gasteiger partial charge in [-0.15, -0.1) is 0 Å². The first kappa shape index (κ1) is 7.02. The first-order valence-corrected chi connectivity index (χ1v) is 3.47. The van der Waals surface area contributed by atoms with Crippen LogP contribution in [-0.2, 0) is 14.3 Å². The van der Waals surface area contributed by atoms with Gasteiger partial charge in [0, 0.05) is 6.21 Å². The average Bonchev–Trinajstić information content (AvgIpc) is 2.07. The number of aliphatic imine (C=N–C) groups is 1. The number of dihydropyridines is 1. The number of ether oxygens (including phenoxy) is 1. The van der Waals surface area contributed by atoms with Gasteiger partial charge in [-0.3, -0.25) is 9.59 Å². The van der Waals surface area contributed by atoms with Crippen LogP contribution >= 0.6 is 0 Å². The van der Waals surface area contributed by atoms with Gasteiger partial charge in [0.05, 0.1) is 0 Å². The van der Waals surface area contributed by atoms with Crippen LogP contribution in [0.3, 0.4) is 0 Å². The molecule has 0 aromatic rings. The van der Waals surface area contributed by atoms with Crippen molar-refractivity contribution in [3.63, 3.8) is 0 Å². The predicted molar refractivity (Wildman–Crippen MR) is 39.5 cm³/mol. The Bertz CT molecular complexity index is 306.